The highest BCUT2D eigenvalue weighted by atomic mass is 16.2. The van der Waals surface area contributed by atoms with Gasteiger partial charge in [-0.15, -0.1) is 6.42 Å². The van der Waals surface area contributed by atoms with Crippen LogP contribution >= 0.6 is 0 Å². The molecule has 3 rings (SSSR count). The number of carbonyl (C=O) groups excluding carboxylic acids is 2. The molecule has 128 valence electrons. The van der Waals surface area contributed by atoms with Crippen molar-refractivity contribution in [2.24, 2.45) is 7.05 Å². The van der Waals surface area contributed by atoms with Gasteiger partial charge in [-0.05, 0) is 30.3 Å². The molecule has 0 fully saturated rings. The smallest absolute Gasteiger partial charge is 0.314 e. The van der Waals surface area contributed by atoms with Gasteiger partial charge in [0, 0.05) is 41.9 Å². The fraction of sp³-hybridized carbons (Fsp3) is 0.0500. The van der Waals surface area contributed by atoms with Crippen LogP contribution in [-0.2, 0) is 16.6 Å². The van der Waals surface area contributed by atoms with Crippen molar-refractivity contribution in [3.05, 3.63) is 66.5 Å². The Hall–Kier alpha value is -3.85. The van der Waals surface area contributed by atoms with E-state index < -0.39 is 11.8 Å². The number of rotatable bonds is 3. The summed E-state index contributed by atoms with van der Waals surface area (Å²) in [5, 5.41) is 5.11. The number of aromatic nitrogens is 2. The van der Waals surface area contributed by atoms with Gasteiger partial charge in [0.25, 0.3) is 0 Å². The first-order valence-corrected chi connectivity index (χ1v) is 7.83. The van der Waals surface area contributed by atoms with E-state index in [1.807, 2.05) is 23.9 Å². The molecule has 6 heteroatoms. The van der Waals surface area contributed by atoms with Gasteiger partial charge in [0.15, 0.2) is 0 Å². The summed E-state index contributed by atoms with van der Waals surface area (Å²) in [7, 11) is 1.88. The molecule has 1 heterocycles. The van der Waals surface area contributed by atoms with Crippen molar-refractivity contribution in [1.82, 2.24) is 9.55 Å². The van der Waals surface area contributed by atoms with Crippen LogP contribution in [0.15, 0.2) is 60.9 Å². The molecule has 0 saturated heterocycles. The molecular formula is C20H16N4O2. The third kappa shape index (κ3) is 3.79. The largest absolute Gasteiger partial charge is 0.334 e. The van der Waals surface area contributed by atoms with E-state index in [9.17, 15) is 9.59 Å². The van der Waals surface area contributed by atoms with Crippen molar-refractivity contribution in [1.29, 1.82) is 0 Å². The number of aryl methyl sites for hydroxylation is 1. The monoisotopic (exact) mass is 344 g/mol. The molecule has 2 aromatic carbocycles. The van der Waals surface area contributed by atoms with Crippen LogP contribution in [0.3, 0.4) is 0 Å². The van der Waals surface area contributed by atoms with Crippen LogP contribution < -0.4 is 10.6 Å². The number of benzene rings is 2. The van der Waals surface area contributed by atoms with Gasteiger partial charge in [0.05, 0.1) is 0 Å². The highest BCUT2D eigenvalue weighted by Gasteiger charge is 2.15. The van der Waals surface area contributed by atoms with Crippen molar-refractivity contribution in [3.8, 4) is 23.7 Å². The minimum Gasteiger partial charge on any atom is -0.334 e. The highest BCUT2D eigenvalue weighted by Crippen LogP contribution is 2.20. The van der Waals surface area contributed by atoms with Gasteiger partial charge in [0.2, 0.25) is 0 Å². The van der Waals surface area contributed by atoms with Crippen LogP contribution in [0.2, 0.25) is 0 Å². The lowest BCUT2D eigenvalue weighted by Crippen LogP contribution is -2.29. The molecule has 0 aliphatic carbocycles. The number of amides is 2. The first-order chi connectivity index (χ1) is 12.6. The Morgan fingerprint density at radius 1 is 1.04 bits per heavy atom. The van der Waals surface area contributed by atoms with Crippen LogP contribution in [0.25, 0.3) is 11.4 Å². The molecule has 0 unspecified atom stereocenters. The Morgan fingerprint density at radius 2 is 1.69 bits per heavy atom. The minimum absolute atomic E-state index is 0.461. The highest BCUT2D eigenvalue weighted by molar-refractivity contribution is 6.43. The molecule has 3 aromatic rings. The Bertz CT molecular complexity index is 1010. The number of hydrogen-bond donors (Lipinski definition) is 2. The number of nitrogens with zero attached hydrogens (tertiary/aromatic N) is 2. The summed E-state index contributed by atoms with van der Waals surface area (Å²) >= 11 is 0. The molecule has 0 spiro atoms. The molecule has 1 aromatic heterocycles. The number of carbonyl (C=O) groups is 2. The summed E-state index contributed by atoms with van der Waals surface area (Å²) in [4.78, 5) is 28.5. The number of imidazole rings is 1. The predicted molar refractivity (Wildman–Crippen MR) is 100 cm³/mol. The second-order valence-corrected chi connectivity index (χ2v) is 5.58. The Morgan fingerprint density at radius 3 is 2.31 bits per heavy atom. The van der Waals surface area contributed by atoms with E-state index >= 15 is 0 Å². The molecule has 6 nitrogen and oxygen atoms in total. The maximum absolute atomic E-state index is 12.2. The quantitative estimate of drug-likeness (QED) is 0.566. The maximum atomic E-state index is 12.2. The molecule has 26 heavy (non-hydrogen) atoms. The lowest BCUT2D eigenvalue weighted by atomic mass is 10.2. The normalized spacial score (nSPS) is 10.0. The standard InChI is InChI=1S/C20H16N4O2/c1-3-14-6-4-8-16(12-14)22-19(25)20(26)23-17-9-5-7-15(13-17)18-21-10-11-24(18)2/h1,4-13H,2H3,(H,22,25)(H,23,26). The van der Waals surface area contributed by atoms with E-state index in [0.717, 1.165) is 11.4 Å². The van der Waals surface area contributed by atoms with Crippen LogP contribution in [0.1, 0.15) is 5.56 Å². The maximum Gasteiger partial charge on any atom is 0.314 e. The summed E-state index contributed by atoms with van der Waals surface area (Å²) < 4.78 is 1.87. The van der Waals surface area contributed by atoms with Gasteiger partial charge in [-0.1, -0.05) is 24.1 Å². The fourth-order valence-corrected chi connectivity index (χ4v) is 2.44. The first kappa shape index (κ1) is 17.0. The molecule has 0 bridgehead atoms. The molecule has 0 atom stereocenters. The minimum atomic E-state index is -0.776. The van der Waals surface area contributed by atoms with E-state index in [1.54, 1.807) is 48.7 Å². The van der Waals surface area contributed by atoms with Gasteiger partial charge in [0.1, 0.15) is 5.82 Å². The van der Waals surface area contributed by atoms with E-state index in [4.69, 9.17) is 6.42 Å². The lowest BCUT2D eigenvalue weighted by molar-refractivity contribution is -0.132. The van der Waals surface area contributed by atoms with Gasteiger partial charge in [-0.2, -0.15) is 0 Å². The van der Waals surface area contributed by atoms with Crippen LogP contribution in [0, 0.1) is 12.3 Å². The second kappa shape index (κ2) is 7.36. The second-order valence-electron chi connectivity index (χ2n) is 5.58. The van der Waals surface area contributed by atoms with Crippen LogP contribution in [0.5, 0.6) is 0 Å². The zero-order valence-electron chi connectivity index (χ0n) is 14.1. The van der Waals surface area contributed by atoms with Crippen molar-refractivity contribution in [2.75, 3.05) is 10.6 Å². The zero-order valence-corrected chi connectivity index (χ0v) is 14.1. The zero-order chi connectivity index (χ0) is 18.5. The number of terminal acetylenes is 1. The Kier molecular flexibility index (Phi) is 4.81. The van der Waals surface area contributed by atoms with E-state index in [1.165, 1.54) is 0 Å². The molecule has 2 N–H and O–H groups in total. The van der Waals surface area contributed by atoms with Crippen LogP contribution in [0.4, 0.5) is 11.4 Å². The topological polar surface area (TPSA) is 76.0 Å². The van der Waals surface area contributed by atoms with Gasteiger partial charge < -0.3 is 15.2 Å². The number of hydrogen-bond acceptors (Lipinski definition) is 3. The van der Waals surface area contributed by atoms with E-state index in [2.05, 4.69) is 21.5 Å². The SMILES string of the molecule is C#Cc1cccc(NC(=O)C(=O)Nc2cccc(-c3nccn3C)c2)c1. The van der Waals surface area contributed by atoms with Gasteiger partial charge in [-0.3, -0.25) is 9.59 Å². The van der Waals surface area contributed by atoms with Crippen molar-refractivity contribution in [2.45, 2.75) is 0 Å². The molecule has 0 aliphatic rings. The lowest BCUT2D eigenvalue weighted by Gasteiger charge is -2.08. The summed E-state index contributed by atoms with van der Waals surface area (Å²) in [5.41, 5.74) is 2.41. The third-order valence-corrected chi connectivity index (χ3v) is 3.69. The third-order valence-electron chi connectivity index (χ3n) is 3.69. The van der Waals surface area contributed by atoms with E-state index in [-0.39, 0.29) is 0 Å². The number of anilines is 2. The summed E-state index contributed by atoms with van der Waals surface area (Å²) in [6, 6.07) is 13.8. The van der Waals surface area contributed by atoms with E-state index in [0.29, 0.717) is 16.9 Å². The molecule has 0 radical (unpaired) electrons. The van der Waals surface area contributed by atoms with Gasteiger partial charge >= 0.3 is 11.8 Å². The molecule has 2 amide bonds. The van der Waals surface area contributed by atoms with Crippen molar-refractivity contribution in [3.63, 3.8) is 0 Å². The average molecular weight is 344 g/mol. The molecule has 0 saturated carbocycles. The Labute approximate surface area is 150 Å². The first-order valence-electron chi connectivity index (χ1n) is 7.83. The summed E-state index contributed by atoms with van der Waals surface area (Å²) in [6.45, 7) is 0. The average Bonchev–Trinajstić information content (AvgIpc) is 3.08. The summed E-state index contributed by atoms with van der Waals surface area (Å²) in [6.07, 6.45) is 8.85. The molecular weight excluding hydrogens is 328 g/mol. The van der Waals surface area contributed by atoms with Crippen LogP contribution in [-0.4, -0.2) is 21.4 Å². The Balaban J connectivity index is 1.70. The van der Waals surface area contributed by atoms with Crippen molar-refractivity contribution < 1.29 is 9.59 Å². The summed E-state index contributed by atoms with van der Waals surface area (Å²) in [5.74, 6) is 1.69. The predicted octanol–water partition coefficient (Wildman–Crippen LogP) is 2.65. The fourth-order valence-electron chi connectivity index (χ4n) is 2.44. The number of nitrogens with one attached hydrogen (secondary N) is 2. The van der Waals surface area contributed by atoms with Crippen molar-refractivity contribution >= 4 is 23.2 Å². The van der Waals surface area contributed by atoms with Gasteiger partial charge in [-0.25, -0.2) is 4.98 Å². The molecule has 0 aliphatic heterocycles.